The molecule has 2 aliphatic heterocycles. The third-order valence-electron chi connectivity index (χ3n) is 7.71. The van der Waals surface area contributed by atoms with Crippen LogP contribution in [0.15, 0.2) is 30.3 Å². The first-order valence-electron chi connectivity index (χ1n) is 12.7. The normalized spacial score (nSPS) is 22.7. The predicted molar refractivity (Wildman–Crippen MR) is 128 cm³/mol. The second-order valence-corrected chi connectivity index (χ2v) is 9.79. The van der Waals surface area contributed by atoms with E-state index in [4.69, 9.17) is 9.97 Å². The van der Waals surface area contributed by atoms with Gasteiger partial charge >= 0.3 is 0 Å². The van der Waals surface area contributed by atoms with E-state index in [0.717, 1.165) is 43.1 Å². The molecule has 1 aromatic carbocycles. The molecule has 0 spiro atoms. The Morgan fingerprint density at radius 2 is 1.72 bits per heavy atom. The molecule has 3 aliphatic rings. The van der Waals surface area contributed by atoms with Gasteiger partial charge in [-0.3, -0.25) is 14.6 Å². The smallest absolute Gasteiger partial charge is 0.228 e. The van der Waals surface area contributed by atoms with E-state index in [1.807, 2.05) is 11.0 Å². The molecule has 0 bridgehead atoms. The molecule has 1 unspecified atom stereocenters. The lowest BCUT2D eigenvalue weighted by molar-refractivity contribution is -0.118. The van der Waals surface area contributed by atoms with Crippen molar-refractivity contribution in [3.05, 3.63) is 53.0 Å². The molecule has 1 saturated heterocycles. The lowest BCUT2D eigenvalue weighted by Gasteiger charge is -2.42. The highest BCUT2D eigenvalue weighted by molar-refractivity contribution is 5.95. The van der Waals surface area contributed by atoms with Crippen LogP contribution in [0.4, 0.5) is 5.82 Å². The van der Waals surface area contributed by atoms with Gasteiger partial charge in [-0.05, 0) is 57.6 Å². The lowest BCUT2D eigenvalue weighted by atomic mass is 9.90. The molecule has 2 fully saturated rings. The molecule has 1 aliphatic carbocycles. The van der Waals surface area contributed by atoms with Gasteiger partial charge in [0.25, 0.3) is 0 Å². The number of hydrogen-bond donors (Lipinski definition) is 0. The summed E-state index contributed by atoms with van der Waals surface area (Å²) >= 11 is 0. The van der Waals surface area contributed by atoms with Crippen molar-refractivity contribution in [2.75, 3.05) is 18.0 Å². The van der Waals surface area contributed by atoms with Gasteiger partial charge in [0.1, 0.15) is 11.6 Å². The van der Waals surface area contributed by atoms with Gasteiger partial charge in [-0.25, -0.2) is 9.97 Å². The Labute approximate surface area is 192 Å². The summed E-state index contributed by atoms with van der Waals surface area (Å²) in [4.78, 5) is 27.8. The maximum atomic E-state index is 12.9. The Kier molecular flexibility index (Phi) is 6.54. The zero-order valence-electron chi connectivity index (χ0n) is 19.4. The Morgan fingerprint density at radius 3 is 2.53 bits per heavy atom. The first-order valence-corrected chi connectivity index (χ1v) is 12.7. The number of amides is 1. The molecule has 0 N–H and O–H groups in total. The van der Waals surface area contributed by atoms with E-state index >= 15 is 0 Å². The molecule has 1 saturated carbocycles. The van der Waals surface area contributed by atoms with Crippen molar-refractivity contribution >= 4 is 11.7 Å². The number of anilines is 1. The van der Waals surface area contributed by atoms with Gasteiger partial charge in [-0.2, -0.15) is 0 Å². The van der Waals surface area contributed by atoms with E-state index in [2.05, 4.69) is 36.1 Å². The number of nitrogens with zero attached hydrogens (tertiary/aromatic N) is 4. The average molecular weight is 433 g/mol. The Morgan fingerprint density at radius 1 is 0.938 bits per heavy atom. The van der Waals surface area contributed by atoms with E-state index in [-0.39, 0.29) is 5.91 Å². The van der Waals surface area contributed by atoms with E-state index in [0.29, 0.717) is 25.0 Å². The molecule has 2 aromatic rings. The Bertz CT molecular complexity index is 938. The summed E-state index contributed by atoms with van der Waals surface area (Å²) in [5.41, 5.74) is 3.49. The highest BCUT2D eigenvalue weighted by Crippen LogP contribution is 2.37. The Balaban J connectivity index is 1.44. The number of carbonyl (C=O) groups excluding carboxylic acids is 1. The van der Waals surface area contributed by atoms with E-state index in [1.165, 1.54) is 56.1 Å². The zero-order chi connectivity index (χ0) is 21.9. The highest BCUT2D eigenvalue weighted by atomic mass is 16.2. The standard InChI is InChI=1S/C27H36N4O/c1-20-23-15-16-25(32)31(19-17-21-10-4-2-5-11-21)27(23)29-26(28-20)24-14-8-9-18-30(24)22-12-6-3-7-13-22/h2,4-5,10-11,22,24H,3,6-9,12-19H2,1H3. The molecular formula is C27H36N4O. The van der Waals surface area contributed by atoms with Crippen LogP contribution in [0.3, 0.4) is 0 Å². The highest BCUT2D eigenvalue weighted by Gasteiger charge is 2.35. The monoisotopic (exact) mass is 432 g/mol. The summed E-state index contributed by atoms with van der Waals surface area (Å²) in [7, 11) is 0. The van der Waals surface area contributed by atoms with Crippen LogP contribution in [0, 0.1) is 6.92 Å². The first-order chi connectivity index (χ1) is 15.7. The van der Waals surface area contributed by atoms with Gasteiger partial charge in [0.15, 0.2) is 0 Å². The van der Waals surface area contributed by atoms with Crippen molar-refractivity contribution < 1.29 is 4.79 Å². The van der Waals surface area contributed by atoms with Crippen LogP contribution in [-0.2, 0) is 17.6 Å². The maximum absolute atomic E-state index is 12.9. The van der Waals surface area contributed by atoms with Crippen molar-refractivity contribution in [2.24, 2.45) is 0 Å². The van der Waals surface area contributed by atoms with Crippen molar-refractivity contribution in [3.8, 4) is 0 Å². The minimum absolute atomic E-state index is 0.199. The molecule has 170 valence electrons. The van der Waals surface area contributed by atoms with Gasteiger partial charge in [0.05, 0.1) is 6.04 Å². The van der Waals surface area contributed by atoms with Crippen LogP contribution in [0.25, 0.3) is 0 Å². The summed E-state index contributed by atoms with van der Waals surface area (Å²) in [5.74, 6) is 2.03. The minimum Gasteiger partial charge on any atom is -0.296 e. The molecular weight excluding hydrogens is 396 g/mol. The average Bonchev–Trinajstić information content (AvgIpc) is 2.84. The summed E-state index contributed by atoms with van der Waals surface area (Å²) in [5, 5.41) is 0. The molecule has 1 amide bonds. The molecule has 5 nitrogen and oxygen atoms in total. The molecule has 32 heavy (non-hydrogen) atoms. The number of hydrogen-bond acceptors (Lipinski definition) is 4. The number of piperidine rings is 1. The number of fused-ring (bicyclic) bond motifs is 1. The maximum Gasteiger partial charge on any atom is 0.228 e. The first kappa shape index (κ1) is 21.6. The predicted octanol–water partition coefficient (Wildman–Crippen LogP) is 5.17. The molecule has 3 heterocycles. The molecule has 1 aromatic heterocycles. The van der Waals surface area contributed by atoms with E-state index < -0.39 is 0 Å². The quantitative estimate of drug-likeness (QED) is 0.654. The van der Waals surface area contributed by atoms with Gasteiger partial charge < -0.3 is 0 Å². The summed E-state index contributed by atoms with van der Waals surface area (Å²) < 4.78 is 0. The SMILES string of the molecule is Cc1nc(C2CCCCN2C2CCCCC2)nc2c1CCC(=O)N2CCc1ccccc1. The van der Waals surface area contributed by atoms with Crippen molar-refractivity contribution in [1.82, 2.24) is 14.9 Å². The van der Waals surface area contributed by atoms with Crippen molar-refractivity contribution in [3.63, 3.8) is 0 Å². The third-order valence-corrected chi connectivity index (χ3v) is 7.71. The number of rotatable bonds is 5. The number of benzene rings is 1. The van der Waals surface area contributed by atoms with E-state index in [1.54, 1.807) is 0 Å². The molecule has 0 radical (unpaired) electrons. The fourth-order valence-corrected chi connectivity index (χ4v) is 5.95. The number of carbonyl (C=O) groups is 1. The topological polar surface area (TPSA) is 49.3 Å². The minimum atomic E-state index is 0.199. The largest absolute Gasteiger partial charge is 0.296 e. The van der Waals surface area contributed by atoms with Crippen molar-refractivity contribution in [1.29, 1.82) is 0 Å². The molecule has 1 atom stereocenters. The lowest BCUT2D eigenvalue weighted by Crippen LogP contribution is -2.44. The van der Waals surface area contributed by atoms with Gasteiger partial charge in [0.2, 0.25) is 5.91 Å². The Hall–Kier alpha value is -2.27. The number of aromatic nitrogens is 2. The second kappa shape index (κ2) is 9.70. The summed E-state index contributed by atoms with van der Waals surface area (Å²) in [6, 6.07) is 11.4. The number of likely N-dealkylation sites (tertiary alicyclic amines) is 1. The summed E-state index contributed by atoms with van der Waals surface area (Å²) in [6.45, 7) is 3.96. The van der Waals surface area contributed by atoms with Crippen LogP contribution in [0.1, 0.15) is 86.5 Å². The van der Waals surface area contributed by atoms with Crippen LogP contribution < -0.4 is 4.90 Å². The van der Waals surface area contributed by atoms with E-state index in [9.17, 15) is 4.79 Å². The zero-order valence-corrected chi connectivity index (χ0v) is 19.4. The van der Waals surface area contributed by atoms with Crippen LogP contribution in [0.2, 0.25) is 0 Å². The van der Waals surface area contributed by atoms with Crippen LogP contribution >= 0.6 is 0 Å². The van der Waals surface area contributed by atoms with Crippen LogP contribution in [-0.4, -0.2) is 39.9 Å². The number of aryl methyl sites for hydroxylation is 1. The summed E-state index contributed by atoms with van der Waals surface area (Å²) in [6.07, 6.45) is 12.5. The van der Waals surface area contributed by atoms with Crippen LogP contribution in [0.5, 0.6) is 0 Å². The fourth-order valence-electron chi connectivity index (χ4n) is 5.95. The van der Waals surface area contributed by atoms with Crippen molar-refractivity contribution in [2.45, 2.75) is 89.6 Å². The van der Waals surface area contributed by atoms with Gasteiger partial charge in [-0.1, -0.05) is 56.0 Å². The van der Waals surface area contributed by atoms with Gasteiger partial charge in [0, 0.05) is 30.3 Å². The molecule has 5 rings (SSSR count). The fraction of sp³-hybridized carbons (Fsp3) is 0.593. The van der Waals surface area contributed by atoms with Gasteiger partial charge in [-0.15, -0.1) is 0 Å². The third kappa shape index (κ3) is 4.45. The second-order valence-electron chi connectivity index (χ2n) is 9.79. The molecule has 5 heteroatoms.